The van der Waals surface area contributed by atoms with Crippen molar-refractivity contribution < 1.29 is 0 Å². The fourth-order valence-corrected chi connectivity index (χ4v) is 6.96. The van der Waals surface area contributed by atoms with E-state index in [9.17, 15) is 0 Å². The second kappa shape index (κ2) is 9.57. The fourth-order valence-electron chi connectivity index (χ4n) is 6.96. The predicted octanol–water partition coefficient (Wildman–Crippen LogP) is 6.09. The summed E-state index contributed by atoms with van der Waals surface area (Å²) in [5.41, 5.74) is 8.42. The maximum atomic E-state index is 5.36. The van der Waals surface area contributed by atoms with Gasteiger partial charge in [-0.05, 0) is 98.9 Å². The summed E-state index contributed by atoms with van der Waals surface area (Å²) in [4.78, 5) is 12.7. The average molecular weight is 509 g/mol. The smallest absolute Gasteiger partial charge is 0.157 e. The first kappa shape index (κ1) is 24.0. The van der Waals surface area contributed by atoms with Crippen LogP contribution in [0.15, 0.2) is 43.1 Å². The summed E-state index contributed by atoms with van der Waals surface area (Å²) < 4.78 is 4.87. The lowest BCUT2D eigenvalue weighted by molar-refractivity contribution is 0.231. The first-order valence-electron chi connectivity index (χ1n) is 14.8. The number of hydrogen-bond acceptors (Lipinski definition) is 4. The highest BCUT2D eigenvalue weighted by Gasteiger charge is 2.33. The molecule has 6 heteroatoms. The van der Waals surface area contributed by atoms with Gasteiger partial charge in [-0.2, -0.15) is 0 Å². The van der Waals surface area contributed by atoms with Crippen LogP contribution in [0.3, 0.4) is 0 Å². The summed E-state index contributed by atoms with van der Waals surface area (Å²) in [5, 5.41) is 4.92. The zero-order chi connectivity index (χ0) is 25.8. The van der Waals surface area contributed by atoms with Crippen molar-refractivity contribution in [1.29, 1.82) is 0 Å². The van der Waals surface area contributed by atoms with Gasteiger partial charge < -0.3 is 19.4 Å². The van der Waals surface area contributed by atoms with Crippen LogP contribution >= 0.6 is 0 Å². The molecule has 3 aliphatic rings. The second-order valence-electron chi connectivity index (χ2n) is 11.7. The van der Waals surface area contributed by atoms with Gasteiger partial charge in [0.1, 0.15) is 5.65 Å². The summed E-state index contributed by atoms with van der Waals surface area (Å²) in [6.07, 6.45) is 9.28. The van der Waals surface area contributed by atoms with Crippen molar-refractivity contribution in [3.8, 4) is 11.5 Å². The number of hydrogen-bond donors (Lipinski definition) is 1. The molecule has 3 aromatic heterocycles. The number of fused-ring (bicyclic) bond motifs is 3. The third-order valence-corrected chi connectivity index (χ3v) is 9.17. The summed E-state index contributed by atoms with van der Waals surface area (Å²) >= 11 is 0. The van der Waals surface area contributed by atoms with Gasteiger partial charge in [0.15, 0.2) is 5.82 Å². The minimum atomic E-state index is 0.604. The molecule has 0 spiro atoms. The van der Waals surface area contributed by atoms with Crippen LogP contribution in [0, 0.1) is 11.8 Å². The lowest BCUT2D eigenvalue weighted by atomic mass is 9.91. The number of aryl methyl sites for hydroxylation is 2. The molecule has 7 rings (SSSR count). The summed E-state index contributed by atoms with van der Waals surface area (Å²) in [5.74, 6) is 2.66. The van der Waals surface area contributed by atoms with E-state index < -0.39 is 0 Å². The molecular formula is C32H40N6. The lowest BCUT2D eigenvalue weighted by Gasteiger charge is -2.37. The van der Waals surface area contributed by atoms with Crippen LogP contribution in [-0.4, -0.2) is 49.7 Å². The van der Waals surface area contributed by atoms with Crippen LogP contribution in [0.4, 0.5) is 0 Å². The Balaban J connectivity index is 1.34. The van der Waals surface area contributed by atoms with Crippen molar-refractivity contribution >= 4 is 27.8 Å². The monoisotopic (exact) mass is 508 g/mol. The summed E-state index contributed by atoms with van der Waals surface area (Å²) in [6.45, 7) is 14.4. The van der Waals surface area contributed by atoms with Crippen molar-refractivity contribution in [2.24, 2.45) is 11.8 Å². The van der Waals surface area contributed by atoms with Gasteiger partial charge in [0.2, 0.25) is 0 Å². The Morgan fingerprint density at radius 3 is 2.82 bits per heavy atom. The minimum Gasteiger partial charge on any atom is -0.370 e. The second-order valence-corrected chi connectivity index (χ2v) is 11.7. The number of benzene rings is 1. The van der Waals surface area contributed by atoms with Crippen molar-refractivity contribution in [3.05, 3.63) is 54.2 Å². The molecule has 0 bridgehead atoms. The van der Waals surface area contributed by atoms with Gasteiger partial charge in [-0.1, -0.05) is 19.9 Å². The van der Waals surface area contributed by atoms with Gasteiger partial charge >= 0.3 is 0 Å². The quantitative estimate of drug-likeness (QED) is 0.313. The lowest BCUT2D eigenvalue weighted by Crippen LogP contribution is -2.45. The number of likely N-dealkylation sites (tertiary alicyclic amines) is 1. The zero-order valence-electron chi connectivity index (χ0n) is 22.9. The van der Waals surface area contributed by atoms with Gasteiger partial charge in [-0.15, -0.1) is 0 Å². The molecule has 1 aromatic carbocycles. The minimum absolute atomic E-state index is 0.604. The molecule has 1 saturated carbocycles. The van der Waals surface area contributed by atoms with E-state index in [4.69, 9.17) is 9.97 Å². The van der Waals surface area contributed by atoms with Crippen molar-refractivity contribution in [2.45, 2.75) is 71.5 Å². The van der Waals surface area contributed by atoms with Crippen LogP contribution in [0.5, 0.6) is 0 Å². The predicted molar refractivity (Wildman–Crippen MR) is 156 cm³/mol. The third-order valence-electron chi connectivity index (χ3n) is 9.17. The Hall–Kier alpha value is -3.12. The molecular weight excluding hydrogens is 468 g/mol. The van der Waals surface area contributed by atoms with E-state index in [1.165, 1.54) is 53.4 Å². The molecule has 38 heavy (non-hydrogen) atoms. The highest BCUT2D eigenvalue weighted by Crippen LogP contribution is 2.38. The molecule has 6 nitrogen and oxygen atoms in total. The van der Waals surface area contributed by atoms with E-state index in [0.717, 1.165) is 80.1 Å². The molecule has 198 valence electrons. The number of rotatable bonds is 8. The Kier molecular flexibility index (Phi) is 6.03. The summed E-state index contributed by atoms with van der Waals surface area (Å²) in [7, 11) is 0. The van der Waals surface area contributed by atoms with E-state index in [1.807, 2.05) is 12.3 Å². The standard InChI is InChI=1S/C32H40N6/c1-4-7-24-16-26(21(3)36-15-12-23-11-14-33-28(23)20-36)17-27-30(24)37(5-2)32(35-27)29-18-25-8-6-13-34-31(25)38(29)19-22-9-10-22/h6,8,13,16-18,22-23,28,33H,3-5,7,9-12,14-15,19-20H2,1-2H3/t23-,28+/m1/s1. The zero-order valence-corrected chi connectivity index (χ0v) is 22.9. The van der Waals surface area contributed by atoms with E-state index >= 15 is 0 Å². The van der Waals surface area contributed by atoms with E-state index in [2.05, 4.69) is 64.0 Å². The normalized spacial score (nSPS) is 21.5. The number of nitrogens with one attached hydrogen (secondary N) is 1. The molecule has 2 saturated heterocycles. The molecule has 0 unspecified atom stereocenters. The SMILES string of the molecule is C=C(c1cc(CCC)c2c(c1)nc(-c1cc3cccnc3n1CC1CC1)n2CC)N1CC[C@H]2CCN[C@H]2C1. The first-order valence-corrected chi connectivity index (χ1v) is 14.8. The Labute approximate surface area is 225 Å². The van der Waals surface area contributed by atoms with Crippen LogP contribution in [0.2, 0.25) is 0 Å². The highest BCUT2D eigenvalue weighted by atomic mass is 15.2. The Morgan fingerprint density at radius 1 is 1.11 bits per heavy atom. The molecule has 0 amide bonds. The van der Waals surface area contributed by atoms with E-state index in [1.54, 1.807) is 0 Å². The number of aromatic nitrogens is 4. The van der Waals surface area contributed by atoms with Crippen molar-refractivity contribution in [3.63, 3.8) is 0 Å². The van der Waals surface area contributed by atoms with Crippen LogP contribution < -0.4 is 5.32 Å². The van der Waals surface area contributed by atoms with Gasteiger partial charge in [0.05, 0.1) is 16.7 Å². The Bertz CT molecular complexity index is 1510. The number of piperidine rings is 1. The van der Waals surface area contributed by atoms with Gasteiger partial charge in [0.25, 0.3) is 0 Å². The number of imidazole rings is 1. The Morgan fingerprint density at radius 2 is 2.00 bits per heavy atom. The molecule has 2 atom stereocenters. The van der Waals surface area contributed by atoms with Crippen LogP contribution in [0.1, 0.15) is 57.1 Å². The molecule has 1 N–H and O–H groups in total. The average Bonchev–Trinajstić information content (AvgIpc) is 3.33. The third kappa shape index (κ3) is 4.05. The van der Waals surface area contributed by atoms with Crippen LogP contribution in [0.25, 0.3) is 39.3 Å². The van der Waals surface area contributed by atoms with E-state index in [-0.39, 0.29) is 0 Å². The molecule has 4 aromatic rings. The number of pyridine rings is 1. The van der Waals surface area contributed by atoms with Gasteiger partial charge in [0, 0.05) is 49.5 Å². The largest absolute Gasteiger partial charge is 0.370 e. The highest BCUT2D eigenvalue weighted by molar-refractivity contribution is 5.89. The first-order chi connectivity index (χ1) is 18.6. The molecule has 5 heterocycles. The molecule has 2 aliphatic heterocycles. The van der Waals surface area contributed by atoms with Gasteiger partial charge in [-0.3, -0.25) is 0 Å². The van der Waals surface area contributed by atoms with E-state index in [0.29, 0.717) is 6.04 Å². The van der Waals surface area contributed by atoms with Crippen molar-refractivity contribution in [1.82, 2.24) is 29.3 Å². The molecule has 0 radical (unpaired) electrons. The van der Waals surface area contributed by atoms with Crippen molar-refractivity contribution in [2.75, 3.05) is 19.6 Å². The topological polar surface area (TPSA) is 50.9 Å². The van der Waals surface area contributed by atoms with Crippen LogP contribution in [-0.2, 0) is 19.5 Å². The fraction of sp³-hybridized carbons (Fsp3) is 0.500. The maximum absolute atomic E-state index is 5.36. The molecule has 1 aliphatic carbocycles. The molecule has 3 fully saturated rings. The maximum Gasteiger partial charge on any atom is 0.157 e. The number of nitrogens with zero attached hydrogens (tertiary/aromatic N) is 5. The summed E-state index contributed by atoms with van der Waals surface area (Å²) in [6, 6.07) is 11.8. The van der Waals surface area contributed by atoms with Gasteiger partial charge in [-0.25, -0.2) is 9.97 Å².